The summed E-state index contributed by atoms with van der Waals surface area (Å²) >= 11 is 1.57. The van der Waals surface area contributed by atoms with E-state index in [1.807, 2.05) is 0 Å². The minimum Gasteiger partial charge on any atom is -0.369 e. The van der Waals surface area contributed by atoms with Gasteiger partial charge in [-0.2, -0.15) is 31.4 Å². The molecule has 0 bridgehead atoms. The van der Waals surface area contributed by atoms with E-state index in [0.29, 0.717) is 23.7 Å². The highest BCUT2D eigenvalue weighted by Crippen LogP contribution is 2.50. The topological polar surface area (TPSA) is 75.1 Å². The highest BCUT2D eigenvalue weighted by molar-refractivity contribution is 7.99. The molecule has 0 spiro atoms. The second-order valence-corrected chi connectivity index (χ2v) is 8.17. The minimum atomic E-state index is -5.97. The lowest BCUT2D eigenvalue weighted by Crippen LogP contribution is -2.53. The van der Waals surface area contributed by atoms with E-state index in [1.54, 1.807) is 23.9 Å². The van der Waals surface area contributed by atoms with E-state index in [9.17, 15) is 36.2 Å². The number of anilines is 1. The lowest BCUT2D eigenvalue weighted by molar-refractivity contribution is -0.376. The van der Waals surface area contributed by atoms with Crippen molar-refractivity contribution < 1.29 is 36.2 Å². The SMILES string of the molecule is O=C(Cc1ccc(SCC2CC2)nn1)Nc1ccc(C(O)(C(F)(F)F)C(F)(F)F)cc1. The van der Waals surface area contributed by atoms with E-state index in [4.69, 9.17) is 0 Å². The number of carbonyl (C=O) groups excluding carboxylic acids is 1. The fraction of sp³-hybridized carbons (Fsp3) is 0.421. The molecule has 31 heavy (non-hydrogen) atoms. The monoisotopic (exact) mass is 465 g/mol. The average molecular weight is 465 g/mol. The molecule has 1 aliphatic carbocycles. The number of hydrogen-bond donors (Lipinski definition) is 2. The normalized spacial score (nSPS) is 15.1. The summed E-state index contributed by atoms with van der Waals surface area (Å²) < 4.78 is 77.4. The van der Waals surface area contributed by atoms with Gasteiger partial charge in [-0.3, -0.25) is 4.79 Å². The molecule has 168 valence electrons. The number of nitrogens with one attached hydrogen (secondary N) is 1. The third-order valence-corrected chi connectivity index (χ3v) is 5.76. The van der Waals surface area contributed by atoms with E-state index in [-0.39, 0.29) is 12.1 Å². The van der Waals surface area contributed by atoms with Gasteiger partial charge in [0.25, 0.3) is 5.60 Å². The van der Waals surface area contributed by atoms with Crippen LogP contribution in [0.15, 0.2) is 41.4 Å². The van der Waals surface area contributed by atoms with Gasteiger partial charge in [0.1, 0.15) is 5.03 Å². The van der Waals surface area contributed by atoms with Crippen LogP contribution in [0.2, 0.25) is 0 Å². The van der Waals surface area contributed by atoms with Crippen molar-refractivity contribution in [3.63, 3.8) is 0 Å². The highest BCUT2D eigenvalue weighted by Gasteiger charge is 2.71. The van der Waals surface area contributed by atoms with Crippen LogP contribution in [0.4, 0.5) is 32.0 Å². The summed E-state index contributed by atoms with van der Waals surface area (Å²) in [5.41, 5.74) is -6.11. The number of thioether (sulfide) groups is 1. The molecule has 1 fully saturated rings. The molecule has 0 saturated heterocycles. The smallest absolute Gasteiger partial charge is 0.369 e. The first-order valence-electron chi connectivity index (χ1n) is 9.12. The van der Waals surface area contributed by atoms with Crippen LogP contribution in [0, 0.1) is 5.92 Å². The van der Waals surface area contributed by atoms with Crippen LogP contribution >= 0.6 is 11.8 Å². The molecule has 12 heteroatoms. The van der Waals surface area contributed by atoms with E-state index < -0.39 is 29.4 Å². The number of hydrogen-bond acceptors (Lipinski definition) is 5. The van der Waals surface area contributed by atoms with Crippen LogP contribution in [0.5, 0.6) is 0 Å². The van der Waals surface area contributed by atoms with Crippen molar-refractivity contribution in [2.45, 2.75) is 42.2 Å². The fourth-order valence-corrected chi connectivity index (χ4v) is 3.66. The first kappa shape index (κ1) is 23.3. The Morgan fingerprint density at radius 2 is 1.61 bits per heavy atom. The summed E-state index contributed by atoms with van der Waals surface area (Å²) in [5, 5.41) is 20.4. The Bertz CT molecular complexity index is 898. The Morgan fingerprint density at radius 3 is 2.10 bits per heavy atom. The maximum Gasteiger partial charge on any atom is 0.430 e. The van der Waals surface area contributed by atoms with Crippen LogP contribution in [-0.4, -0.2) is 39.3 Å². The van der Waals surface area contributed by atoms with Crippen molar-refractivity contribution in [1.29, 1.82) is 0 Å². The number of carbonyl (C=O) groups is 1. The lowest BCUT2D eigenvalue weighted by atomic mass is 9.92. The van der Waals surface area contributed by atoms with Gasteiger partial charge in [0.2, 0.25) is 5.91 Å². The molecule has 1 aliphatic rings. The number of aromatic nitrogens is 2. The predicted molar refractivity (Wildman–Crippen MR) is 100 cm³/mol. The Balaban J connectivity index is 1.61. The molecule has 1 aromatic heterocycles. The van der Waals surface area contributed by atoms with E-state index in [2.05, 4.69) is 15.5 Å². The minimum absolute atomic E-state index is 0.0370. The van der Waals surface area contributed by atoms with Crippen molar-refractivity contribution in [3.05, 3.63) is 47.7 Å². The lowest BCUT2D eigenvalue weighted by Gasteiger charge is -2.32. The van der Waals surface area contributed by atoms with Crippen molar-refractivity contribution in [1.82, 2.24) is 10.2 Å². The number of rotatable bonds is 7. The van der Waals surface area contributed by atoms with E-state index in [0.717, 1.165) is 22.9 Å². The molecule has 0 atom stereocenters. The van der Waals surface area contributed by atoms with Gasteiger partial charge >= 0.3 is 12.4 Å². The predicted octanol–water partition coefficient (Wildman–Crippen LogP) is 4.47. The first-order valence-corrected chi connectivity index (χ1v) is 10.1. The molecular formula is C19H17F6N3O2S. The van der Waals surface area contributed by atoms with Crippen molar-refractivity contribution >= 4 is 23.4 Å². The summed E-state index contributed by atoms with van der Waals surface area (Å²) in [6.07, 6.45) is -9.70. The maximum atomic E-state index is 12.9. The standard InChI is InChI=1S/C19H17F6N3O2S/c20-18(21,22)17(30,19(23,24)25)12-3-5-13(6-4-12)26-15(29)9-14-7-8-16(28-27-14)31-10-11-1-2-11/h3-8,11,30H,1-2,9-10H2,(H,26,29). The van der Waals surface area contributed by atoms with Gasteiger partial charge < -0.3 is 10.4 Å². The molecule has 1 heterocycles. The summed E-state index contributed by atoms with van der Waals surface area (Å²) in [6, 6.07) is 5.97. The van der Waals surface area contributed by atoms with Crippen LogP contribution < -0.4 is 5.32 Å². The molecule has 2 N–H and O–H groups in total. The Morgan fingerprint density at radius 1 is 1.00 bits per heavy atom. The van der Waals surface area contributed by atoms with Crippen LogP contribution in [0.3, 0.4) is 0 Å². The Hall–Kier alpha value is -2.34. The maximum absolute atomic E-state index is 12.9. The summed E-state index contributed by atoms with van der Waals surface area (Å²) in [7, 11) is 0. The Kier molecular flexibility index (Phi) is 6.51. The van der Waals surface area contributed by atoms with E-state index in [1.165, 1.54) is 12.8 Å². The zero-order valence-corrected chi connectivity index (χ0v) is 16.6. The zero-order chi connectivity index (χ0) is 22.9. The fourth-order valence-electron chi connectivity index (χ4n) is 2.66. The van der Waals surface area contributed by atoms with Gasteiger partial charge in [-0.05, 0) is 43.0 Å². The number of benzene rings is 1. The van der Waals surface area contributed by atoms with Gasteiger partial charge in [0.05, 0.1) is 12.1 Å². The number of halogens is 6. The molecule has 5 nitrogen and oxygen atoms in total. The van der Waals surface area contributed by atoms with Gasteiger partial charge in [-0.15, -0.1) is 16.9 Å². The van der Waals surface area contributed by atoms with Crippen molar-refractivity contribution in [2.75, 3.05) is 11.1 Å². The highest BCUT2D eigenvalue weighted by atomic mass is 32.2. The first-order chi connectivity index (χ1) is 14.4. The number of aliphatic hydroxyl groups is 1. The van der Waals surface area contributed by atoms with Crippen molar-refractivity contribution in [2.24, 2.45) is 5.92 Å². The van der Waals surface area contributed by atoms with E-state index >= 15 is 0 Å². The van der Waals surface area contributed by atoms with Crippen LogP contribution in [0.25, 0.3) is 0 Å². The third kappa shape index (κ3) is 5.48. The molecule has 1 saturated carbocycles. The Labute approximate surface area is 177 Å². The number of nitrogens with zero attached hydrogens (tertiary/aromatic N) is 2. The van der Waals surface area contributed by atoms with Gasteiger partial charge in [-0.1, -0.05) is 12.1 Å². The van der Waals surface area contributed by atoms with Gasteiger partial charge in [-0.25, -0.2) is 0 Å². The molecular weight excluding hydrogens is 448 g/mol. The second kappa shape index (κ2) is 8.65. The van der Waals surface area contributed by atoms with Gasteiger partial charge in [0.15, 0.2) is 0 Å². The van der Waals surface area contributed by atoms with Crippen LogP contribution in [0.1, 0.15) is 24.1 Å². The summed E-state index contributed by atoms with van der Waals surface area (Å²) in [6.45, 7) is 0. The summed E-state index contributed by atoms with van der Waals surface area (Å²) in [4.78, 5) is 12.1. The molecule has 1 aromatic carbocycles. The molecule has 2 aromatic rings. The largest absolute Gasteiger partial charge is 0.430 e. The molecule has 0 radical (unpaired) electrons. The van der Waals surface area contributed by atoms with Crippen molar-refractivity contribution in [3.8, 4) is 0 Å². The molecule has 1 amide bonds. The second-order valence-electron chi connectivity index (χ2n) is 7.13. The summed E-state index contributed by atoms with van der Waals surface area (Å²) in [5.74, 6) is 1.09. The average Bonchev–Trinajstić information content (AvgIpc) is 3.50. The molecule has 0 unspecified atom stereocenters. The number of alkyl halides is 6. The molecule has 0 aliphatic heterocycles. The third-order valence-electron chi connectivity index (χ3n) is 4.61. The molecule has 3 rings (SSSR count). The van der Waals surface area contributed by atoms with Gasteiger partial charge in [0, 0.05) is 17.0 Å². The van der Waals surface area contributed by atoms with Crippen LogP contribution in [-0.2, 0) is 16.8 Å². The zero-order valence-electron chi connectivity index (χ0n) is 15.8. The quantitative estimate of drug-likeness (QED) is 0.466. The number of amides is 1.